The summed E-state index contributed by atoms with van der Waals surface area (Å²) in [6.45, 7) is 5.83. The predicted molar refractivity (Wildman–Crippen MR) is 79.0 cm³/mol. The van der Waals surface area contributed by atoms with Gasteiger partial charge in [-0.05, 0) is 36.0 Å². The summed E-state index contributed by atoms with van der Waals surface area (Å²) in [7, 11) is 0. The van der Waals surface area contributed by atoms with E-state index >= 15 is 0 Å². The van der Waals surface area contributed by atoms with Gasteiger partial charge in [0, 0.05) is 23.3 Å². The van der Waals surface area contributed by atoms with Crippen LogP contribution in [0.4, 0.5) is 0 Å². The monoisotopic (exact) mass is 270 g/mol. The zero-order valence-electron chi connectivity index (χ0n) is 12.5. The fraction of sp³-hybridized carbons (Fsp3) is 0.556. The maximum Gasteiger partial charge on any atom is 0.166 e. The average molecular weight is 270 g/mol. The van der Waals surface area contributed by atoms with Crippen LogP contribution in [0.15, 0.2) is 18.2 Å². The van der Waals surface area contributed by atoms with Crippen LogP contribution < -0.4 is 0 Å². The Labute approximate surface area is 120 Å². The van der Waals surface area contributed by atoms with Crippen molar-refractivity contribution in [2.24, 2.45) is 11.3 Å². The molecule has 0 radical (unpaired) electrons. The average Bonchev–Trinajstić information content (AvgIpc) is 2.93. The van der Waals surface area contributed by atoms with E-state index < -0.39 is 0 Å². The number of hydrogen-bond donors (Lipinski definition) is 0. The summed E-state index contributed by atoms with van der Waals surface area (Å²) in [5.41, 5.74) is 2.78. The third-order valence-electron chi connectivity index (χ3n) is 4.84. The fourth-order valence-electron chi connectivity index (χ4n) is 3.55. The smallest absolute Gasteiger partial charge is 0.166 e. The van der Waals surface area contributed by atoms with Crippen molar-refractivity contribution in [3.05, 3.63) is 34.9 Å². The van der Waals surface area contributed by atoms with Crippen LogP contribution in [0.5, 0.6) is 0 Å². The van der Waals surface area contributed by atoms with Gasteiger partial charge in [-0.1, -0.05) is 39.3 Å². The van der Waals surface area contributed by atoms with Crippen molar-refractivity contribution in [3.8, 4) is 0 Å². The van der Waals surface area contributed by atoms with Crippen molar-refractivity contribution in [2.75, 3.05) is 0 Å². The number of benzene rings is 1. The molecule has 2 aliphatic rings. The quantitative estimate of drug-likeness (QED) is 0.816. The molecule has 1 aromatic carbocycles. The maximum atomic E-state index is 12.4. The first kappa shape index (κ1) is 13.5. The second-order valence-electron chi connectivity index (χ2n) is 7.28. The molecule has 1 saturated carbocycles. The molecule has 20 heavy (non-hydrogen) atoms. The van der Waals surface area contributed by atoms with E-state index in [9.17, 15) is 9.59 Å². The molecule has 0 bridgehead atoms. The molecule has 1 fully saturated rings. The van der Waals surface area contributed by atoms with Crippen LogP contribution in [0.1, 0.15) is 67.4 Å². The van der Waals surface area contributed by atoms with Crippen LogP contribution in [-0.2, 0) is 11.2 Å². The van der Waals surface area contributed by atoms with Gasteiger partial charge in [-0.2, -0.15) is 0 Å². The van der Waals surface area contributed by atoms with Crippen LogP contribution in [0.25, 0.3) is 0 Å². The number of hydrogen-bond acceptors (Lipinski definition) is 2. The van der Waals surface area contributed by atoms with Gasteiger partial charge in [0.1, 0.15) is 5.78 Å². The minimum Gasteiger partial charge on any atom is -0.299 e. The standard InChI is InChI=1S/C18H22O2/c1-18(2,3)16(19)10-11-7-8-13-12-5-4-6-14(12)17(20)15(13)9-11/h7-9,12,14H,4-6,10H2,1-3H3. The largest absolute Gasteiger partial charge is 0.299 e. The van der Waals surface area contributed by atoms with Crippen LogP contribution >= 0.6 is 0 Å². The van der Waals surface area contributed by atoms with Crippen LogP contribution in [0, 0.1) is 11.3 Å². The Balaban J connectivity index is 1.88. The molecule has 0 aromatic heterocycles. The highest BCUT2D eigenvalue weighted by atomic mass is 16.1. The van der Waals surface area contributed by atoms with Gasteiger partial charge in [0.2, 0.25) is 0 Å². The first-order valence-corrected chi connectivity index (χ1v) is 7.58. The Morgan fingerprint density at radius 3 is 2.60 bits per heavy atom. The molecule has 3 rings (SSSR count). The molecule has 2 nitrogen and oxygen atoms in total. The van der Waals surface area contributed by atoms with Crippen molar-refractivity contribution < 1.29 is 9.59 Å². The van der Waals surface area contributed by atoms with Gasteiger partial charge in [0.25, 0.3) is 0 Å². The third-order valence-corrected chi connectivity index (χ3v) is 4.84. The normalized spacial score (nSPS) is 24.6. The Kier molecular flexibility index (Phi) is 3.07. The number of carbonyl (C=O) groups excluding carboxylic acids is 2. The molecule has 2 heteroatoms. The number of ketones is 2. The number of carbonyl (C=O) groups is 2. The molecule has 0 heterocycles. The molecular weight excluding hydrogens is 248 g/mol. The first-order valence-electron chi connectivity index (χ1n) is 7.58. The van der Waals surface area contributed by atoms with Gasteiger partial charge in [-0.3, -0.25) is 9.59 Å². The Morgan fingerprint density at radius 1 is 1.20 bits per heavy atom. The van der Waals surface area contributed by atoms with Crippen molar-refractivity contribution >= 4 is 11.6 Å². The summed E-state index contributed by atoms with van der Waals surface area (Å²) >= 11 is 0. The van der Waals surface area contributed by atoms with Crippen molar-refractivity contribution in [3.63, 3.8) is 0 Å². The van der Waals surface area contributed by atoms with Gasteiger partial charge in [-0.15, -0.1) is 0 Å². The van der Waals surface area contributed by atoms with Gasteiger partial charge >= 0.3 is 0 Å². The summed E-state index contributed by atoms with van der Waals surface area (Å²) < 4.78 is 0. The lowest BCUT2D eigenvalue weighted by molar-refractivity contribution is -0.125. The SMILES string of the molecule is CC(C)(C)C(=O)Cc1ccc2c(c1)C(=O)C1CCCC21. The van der Waals surface area contributed by atoms with Crippen molar-refractivity contribution in [1.82, 2.24) is 0 Å². The Bertz CT molecular complexity index is 578. The topological polar surface area (TPSA) is 34.1 Å². The first-order chi connectivity index (χ1) is 9.38. The van der Waals surface area contributed by atoms with Gasteiger partial charge < -0.3 is 0 Å². The molecule has 106 valence electrons. The summed E-state index contributed by atoms with van der Waals surface area (Å²) in [6.07, 6.45) is 3.78. The molecule has 0 spiro atoms. The molecule has 1 aromatic rings. The summed E-state index contributed by atoms with van der Waals surface area (Å²) in [5.74, 6) is 1.21. The summed E-state index contributed by atoms with van der Waals surface area (Å²) in [5, 5.41) is 0. The zero-order chi connectivity index (χ0) is 14.5. The van der Waals surface area contributed by atoms with E-state index in [1.165, 1.54) is 12.0 Å². The van der Waals surface area contributed by atoms with Crippen LogP contribution in [0.3, 0.4) is 0 Å². The van der Waals surface area contributed by atoms with E-state index in [1.807, 2.05) is 32.9 Å². The predicted octanol–water partition coefficient (Wildman–Crippen LogP) is 3.92. The van der Waals surface area contributed by atoms with Gasteiger partial charge in [0.05, 0.1) is 0 Å². The lowest BCUT2D eigenvalue weighted by atomic mass is 9.86. The zero-order valence-corrected chi connectivity index (χ0v) is 12.5. The van der Waals surface area contributed by atoms with Gasteiger partial charge in [0.15, 0.2) is 5.78 Å². The van der Waals surface area contributed by atoms with Crippen LogP contribution in [-0.4, -0.2) is 11.6 Å². The lowest BCUT2D eigenvalue weighted by Gasteiger charge is -2.16. The van der Waals surface area contributed by atoms with Crippen molar-refractivity contribution in [2.45, 2.75) is 52.4 Å². The lowest BCUT2D eigenvalue weighted by Crippen LogP contribution is -2.22. The highest BCUT2D eigenvalue weighted by molar-refractivity contribution is 6.03. The molecule has 0 amide bonds. The van der Waals surface area contributed by atoms with E-state index in [0.29, 0.717) is 18.1 Å². The van der Waals surface area contributed by atoms with Gasteiger partial charge in [-0.25, -0.2) is 0 Å². The second kappa shape index (κ2) is 4.54. The Hall–Kier alpha value is -1.44. The van der Waals surface area contributed by atoms with E-state index in [2.05, 4.69) is 6.07 Å². The molecule has 2 atom stereocenters. The second-order valence-corrected chi connectivity index (χ2v) is 7.28. The Morgan fingerprint density at radius 2 is 1.90 bits per heavy atom. The van der Waals surface area contributed by atoms with E-state index in [4.69, 9.17) is 0 Å². The maximum absolute atomic E-state index is 12.4. The molecule has 2 unspecified atom stereocenters. The highest BCUT2D eigenvalue weighted by Gasteiger charge is 2.42. The summed E-state index contributed by atoms with van der Waals surface area (Å²) in [6, 6.07) is 6.10. The minimum absolute atomic E-state index is 0.221. The van der Waals surface area contributed by atoms with E-state index in [-0.39, 0.29) is 17.1 Å². The molecule has 0 aliphatic heterocycles. The minimum atomic E-state index is -0.320. The summed E-state index contributed by atoms with van der Waals surface area (Å²) in [4.78, 5) is 24.6. The number of Topliss-reactive ketones (excluding diaryl/α,β-unsaturated/α-hetero) is 2. The fourth-order valence-corrected chi connectivity index (χ4v) is 3.55. The third kappa shape index (κ3) is 2.11. The molecular formula is C18H22O2. The van der Waals surface area contributed by atoms with Crippen LogP contribution in [0.2, 0.25) is 0 Å². The highest BCUT2D eigenvalue weighted by Crippen LogP contribution is 2.48. The molecule has 0 N–H and O–H groups in total. The van der Waals surface area contributed by atoms with E-state index in [1.54, 1.807) is 0 Å². The molecule has 2 aliphatic carbocycles. The number of rotatable bonds is 2. The molecule has 0 saturated heterocycles. The van der Waals surface area contributed by atoms with E-state index in [0.717, 1.165) is 24.0 Å². The number of fused-ring (bicyclic) bond motifs is 3. The van der Waals surface area contributed by atoms with Crippen molar-refractivity contribution in [1.29, 1.82) is 0 Å².